The lowest BCUT2D eigenvalue weighted by molar-refractivity contribution is 0.161. The molecule has 5 heteroatoms. The van der Waals surface area contributed by atoms with Crippen LogP contribution in [0.15, 0.2) is 24.3 Å². The molecule has 1 saturated heterocycles. The van der Waals surface area contributed by atoms with Crippen LogP contribution in [0.5, 0.6) is 5.75 Å². The molecule has 0 bridgehead atoms. The lowest BCUT2D eigenvalue weighted by Gasteiger charge is -2.35. The molecule has 2 rings (SSSR count). The lowest BCUT2D eigenvalue weighted by atomic mass is 9.99. The van der Waals surface area contributed by atoms with Gasteiger partial charge in [-0.3, -0.25) is 4.90 Å². The number of rotatable bonds is 6. The zero-order valence-electron chi connectivity index (χ0n) is 13.0. The predicted molar refractivity (Wildman–Crippen MR) is 94.2 cm³/mol. The van der Waals surface area contributed by atoms with Crippen LogP contribution in [0.4, 0.5) is 0 Å². The minimum absolute atomic E-state index is 0. The van der Waals surface area contributed by atoms with Crippen molar-refractivity contribution in [1.82, 2.24) is 10.2 Å². The monoisotopic (exact) mass is 334 g/mol. The maximum atomic E-state index is 5.81. The van der Waals surface area contributed by atoms with Gasteiger partial charge in [-0.2, -0.15) is 0 Å². The molecule has 0 aromatic heterocycles. The minimum atomic E-state index is 0. The molecule has 0 aliphatic carbocycles. The molecule has 1 atom stereocenters. The Morgan fingerprint density at radius 2 is 1.81 bits per heavy atom. The van der Waals surface area contributed by atoms with Gasteiger partial charge in [0.25, 0.3) is 0 Å². The van der Waals surface area contributed by atoms with Crippen LogP contribution >= 0.6 is 24.8 Å². The topological polar surface area (TPSA) is 24.5 Å². The van der Waals surface area contributed by atoms with Crippen LogP contribution in [0.2, 0.25) is 0 Å². The van der Waals surface area contributed by atoms with E-state index in [0.29, 0.717) is 6.04 Å². The van der Waals surface area contributed by atoms with E-state index in [1.807, 2.05) is 0 Å². The standard InChI is InChI=1S/C16H26N2O.2ClH/c1-3-7-15(18-12-10-17-11-13-18)14-8-5-6-9-16(14)19-4-2;;/h5-6,8-9,15,17H,3-4,7,10-13H2,1-2H3;2*1H/t15-;;/m0../s1. The van der Waals surface area contributed by atoms with Crippen molar-refractivity contribution in [3.05, 3.63) is 29.8 Å². The van der Waals surface area contributed by atoms with Crippen molar-refractivity contribution in [3.8, 4) is 5.75 Å². The largest absolute Gasteiger partial charge is 0.494 e. The van der Waals surface area contributed by atoms with Crippen LogP contribution in [0, 0.1) is 0 Å². The van der Waals surface area contributed by atoms with E-state index in [0.717, 1.165) is 38.5 Å². The Morgan fingerprint density at radius 3 is 2.43 bits per heavy atom. The molecule has 1 aliphatic heterocycles. The Labute approximate surface area is 141 Å². The number of benzene rings is 1. The highest BCUT2D eigenvalue weighted by molar-refractivity contribution is 5.85. The second-order valence-corrected chi connectivity index (χ2v) is 5.06. The van der Waals surface area contributed by atoms with Crippen LogP contribution in [0.1, 0.15) is 38.3 Å². The Morgan fingerprint density at radius 1 is 1.14 bits per heavy atom. The van der Waals surface area contributed by atoms with Gasteiger partial charge >= 0.3 is 0 Å². The molecule has 0 unspecified atom stereocenters. The lowest BCUT2D eigenvalue weighted by Crippen LogP contribution is -2.45. The predicted octanol–water partition coefficient (Wildman–Crippen LogP) is 3.68. The second-order valence-electron chi connectivity index (χ2n) is 5.06. The summed E-state index contributed by atoms with van der Waals surface area (Å²) in [5, 5.41) is 3.43. The maximum absolute atomic E-state index is 5.81. The first-order valence-corrected chi connectivity index (χ1v) is 7.53. The summed E-state index contributed by atoms with van der Waals surface area (Å²) in [5.41, 5.74) is 1.35. The average molecular weight is 335 g/mol. The molecule has 1 aromatic rings. The number of ether oxygens (including phenoxy) is 1. The third kappa shape index (κ3) is 5.67. The molecule has 3 nitrogen and oxygen atoms in total. The zero-order chi connectivity index (χ0) is 13.5. The smallest absolute Gasteiger partial charge is 0.124 e. The number of hydrogen-bond acceptors (Lipinski definition) is 3. The third-order valence-electron chi connectivity index (χ3n) is 3.73. The van der Waals surface area contributed by atoms with Crippen LogP contribution in [0.25, 0.3) is 0 Å². The average Bonchev–Trinajstić information content (AvgIpc) is 2.47. The van der Waals surface area contributed by atoms with Crippen molar-refractivity contribution in [1.29, 1.82) is 0 Å². The maximum Gasteiger partial charge on any atom is 0.124 e. The van der Waals surface area contributed by atoms with Gasteiger partial charge in [0.05, 0.1) is 6.61 Å². The van der Waals surface area contributed by atoms with Crippen LogP contribution in [0.3, 0.4) is 0 Å². The Hall–Kier alpha value is -0.480. The molecule has 21 heavy (non-hydrogen) atoms. The minimum Gasteiger partial charge on any atom is -0.494 e. The molecule has 1 N–H and O–H groups in total. The Kier molecular flexibility index (Phi) is 10.9. The van der Waals surface area contributed by atoms with Gasteiger partial charge in [0.2, 0.25) is 0 Å². The molecule has 0 saturated carbocycles. The fraction of sp³-hybridized carbons (Fsp3) is 0.625. The second kappa shape index (κ2) is 11.1. The fourth-order valence-electron chi connectivity index (χ4n) is 2.84. The molecule has 122 valence electrons. The molecule has 0 amide bonds. The highest BCUT2D eigenvalue weighted by atomic mass is 35.5. The van der Waals surface area contributed by atoms with Gasteiger partial charge in [-0.05, 0) is 19.4 Å². The first-order valence-electron chi connectivity index (χ1n) is 7.53. The van der Waals surface area contributed by atoms with E-state index >= 15 is 0 Å². The number of para-hydroxylation sites is 1. The molecule has 1 aliphatic rings. The van der Waals surface area contributed by atoms with Gasteiger partial charge in [0.15, 0.2) is 0 Å². The van der Waals surface area contributed by atoms with Gasteiger partial charge in [-0.25, -0.2) is 0 Å². The molecule has 1 fully saturated rings. The SMILES string of the molecule is CCC[C@@H](c1ccccc1OCC)N1CCNCC1.Cl.Cl. The quantitative estimate of drug-likeness (QED) is 0.858. The molecule has 0 radical (unpaired) electrons. The molecule has 1 heterocycles. The normalized spacial score (nSPS) is 16.5. The summed E-state index contributed by atoms with van der Waals surface area (Å²) >= 11 is 0. The summed E-state index contributed by atoms with van der Waals surface area (Å²) in [4.78, 5) is 2.60. The molecular formula is C16H28Cl2N2O. The number of hydrogen-bond donors (Lipinski definition) is 1. The first-order chi connectivity index (χ1) is 9.36. The highest BCUT2D eigenvalue weighted by Gasteiger charge is 2.23. The van der Waals surface area contributed by atoms with Gasteiger partial charge in [0.1, 0.15) is 5.75 Å². The Bertz CT molecular complexity index is 384. The van der Waals surface area contributed by atoms with Crippen molar-refractivity contribution in [2.45, 2.75) is 32.7 Å². The van der Waals surface area contributed by atoms with Gasteiger partial charge in [-0.1, -0.05) is 31.5 Å². The summed E-state index contributed by atoms with van der Waals surface area (Å²) in [6.45, 7) is 9.50. The summed E-state index contributed by atoms with van der Waals surface area (Å²) < 4.78 is 5.81. The van der Waals surface area contributed by atoms with Gasteiger partial charge < -0.3 is 10.1 Å². The van der Waals surface area contributed by atoms with Crippen LogP contribution in [-0.2, 0) is 0 Å². The Balaban J connectivity index is 0.00000200. The zero-order valence-corrected chi connectivity index (χ0v) is 14.6. The van der Waals surface area contributed by atoms with Crippen LogP contribution in [-0.4, -0.2) is 37.7 Å². The number of nitrogens with zero attached hydrogens (tertiary/aromatic N) is 1. The van der Waals surface area contributed by atoms with Crippen molar-refractivity contribution in [3.63, 3.8) is 0 Å². The van der Waals surface area contributed by atoms with Crippen molar-refractivity contribution < 1.29 is 4.74 Å². The van der Waals surface area contributed by atoms with E-state index in [1.54, 1.807) is 0 Å². The van der Waals surface area contributed by atoms with Crippen molar-refractivity contribution >= 4 is 24.8 Å². The van der Waals surface area contributed by atoms with E-state index < -0.39 is 0 Å². The highest BCUT2D eigenvalue weighted by Crippen LogP contribution is 2.32. The fourth-order valence-corrected chi connectivity index (χ4v) is 2.84. The molecular weight excluding hydrogens is 307 g/mol. The van der Waals surface area contributed by atoms with E-state index in [2.05, 4.69) is 48.3 Å². The van der Waals surface area contributed by atoms with E-state index in [9.17, 15) is 0 Å². The van der Waals surface area contributed by atoms with E-state index in [4.69, 9.17) is 4.74 Å². The summed E-state index contributed by atoms with van der Waals surface area (Å²) in [5.74, 6) is 1.06. The number of piperazine rings is 1. The first kappa shape index (κ1) is 20.5. The third-order valence-corrected chi connectivity index (χ3v) is 3.73. The summed E-state index contributed by atoms with van der Waals surface area (Å²) in [7, 11) is 0. The van der Waals surface area contributed by atoms with Gasteiger partial charge in [0, 0.05) is 37.8 Å². The number of nitrogens with one attached hydrogen (secondary N) is 1. The van der Waals surface area contributed by atoms with Gasteiger partial charge in [-0.15, -0.1) is 24.8 Å². The molecule has 0 spiro atoms. The summed E-state index contributed by atoms with van der Waals surface area (Å²) in [6.07, 6.45) is 2.40. The number of halogens is 2. The van der Waals surface area contributed by atoms with E-state index in [-0.39, 0.29) is 24.8 Å². The van der Waals surface area contributed by atoms with Crippen molar-refractivity contribution in [2.75, 3.05) is 32.8 Å². The summed E-state index contributed by atoms with van der Waals surface area (Å²) in [6, 6.07) is 9.02. The molecule has 1 aromatic carbocycles. The van der Waals surface area contributed by atoms with E-state index in [1.165, 1.54) is 18.4 Å². The van der Waals surface area contributed by atoms with Crippen molar-refractivity contribution in [2.24, 2.45) is 0 Å². The van der Waals surface area contributed by atoms with Crippen LogP contribution < -0.4 is 10.1 Å².